The fourth-order valence-electron chi connectivity index (χ4n) is 2.86. The lowest BCUT2D eigenvalue weighted by Gasteiger charge is -2.32. The van der Waals surface area contributed by atoms with Crippen molar-refractivity contribution >= 4 is 11.9 Å². The van der Waals surface area contributed by atoms with E-state index in [0.29, 0.717) is 18.2 Å². The number of piperazine rings is 1. The Morgan fingerprint density at radius 3 is 2.64 bits per heavy atom. The highest BCUT2D eigenvalue weighted by molar-refractivity contribution is 5.92. The topological polar surface area (TPSA) is 61.4 Å². The molecule has 0 unspecified atom stereocenters. The van der Waals surface area contributed by atoms with Crippen LogP contribution in [-0.2, 0) is 6.42 Å². The highest BCUT2D eigenvalue weighted by Gasteiger charge is 2.17. The summed E-state index contributed by atoms with van der Waals surface area (Å²) in [6.07, 6.45) is 3.53. The molecule has 1 aliphatic heterocycles. The first-order chi connectivity index (χ1) is 12.2. The molecule has 3 rings (SSSR count). The summed E-state index contributed by atoms with van der Waals surface area (Å²) < 4.78 is 0. The first kappa shape index (κ1) is 17.4. The van der Waals surface area contributed by atoms with Crippen LogP contribution in [0.5, 0.6) is 0 Å². The number of anilines is 1. The fraction of sp³-hybridized carbons (Fsp3) is 0.421. The highest BCUT2D eigenvalue weighted by Crippen LogP contribution is 2.10. The van der Waals surface area contributed by atoms with Crippen molar-refractivity contribution in [3.63, 3.8) is 0 Å². The Hall–Kier alpha value is -2.47. The van der Waals surface area contributed by atoms with Crippen LogP contribution in [0, 0.1) is 0 Å². The van der Waals surface area contributed by atoms with Crippen molar-refractivity contribution in [1.29, 1.82) is 0 Å². The number of aryl methyl sites for hydroxylation is 1. The molecule has 0 aliphatic carbocycles. The molecule has 0 spiro atoms. The number of rotatable bonds is 6. The predicted molar refractivity (Wildman–Crippen MR) is 98.8 cm³/mol. The molecule has 1 aromatic carbocycles. The van der Waals surface area contributed by atoms with E-state index in [-0.39, 0.29) is 5.91 Å². The largest absolute Gasteiger partial charge is 0.351 e. The van der Waals surface area contributed by atoms with Gasteiger partial charge in [0.25, 0.3) is 5.91 Å². The number of likely N-dealkylation sites (N-methyl/N-ethyl adjacent to an activating group) is 1. The summed E-state index contributed by atoms with van der Waals surface area (Å²) >= 11 is 0. The van der Waals surface area contributed by atoms with E-state index in [9.17, 15) is 4.79 Å². The molecule has 25 heavy (non-hydrogen) atoms. The molecular weight excluding hydrogens is 314 g/mol. The Bertz CT molecular complexity index is 683. The van der Waals surface area contributed by atoms with E-state index >= 15 is 0 Å². The zero-order valence-electron chi connectivity index (χ0n) is 14.7. The third-order valence-corrected chi connectivity index (χ3v) is 4.43. The van der Waals surface area contributed by atoms with Crippen LogP contribution in [0.15, 0.2) is 42.6 Å². The smallest absolute Gasteiger partial charge is 0.270 e. The molecule has 1 N–H and O–H groups in total. The second-order valence-electron chi connectivity index (χ2n) is 6.38. The Morgan fingerprint density at radius 2 is 1.88 bits per heavy atom. The molecule has 2 heterocycles. The van der Waals surface area contributed by atoms with Crippen molar-refractivity contribution in [1.82, 2.24) is 20.2 Å². The first-order valence-corrected chi connectivity index (χ1v) is 8.81. The Balaban J connectivity index is 1.49. The van der Waals surface area contributed by atoms with Gasteiger partial charge < -0.3 is 15.1 Å². The minimum Gasteiger partial charge on any atom is -0.351 e. The molecule has 1 saturated heterocycles. The lowest BCUT2D eigenvalue weighted by atomic mass is 10.1. The van der Waals surface area contributed by atoms with Crippen LogP contribution in [0.25, 0.3) is 0 Å². The zero-order valence-corrected chi connectivity index (χ0v) is 14.7. The average Bonchev–Trinajstić information content (AvgIpc) is 2.66. The third-order valence-electron chi connectivity index (χ3n) is 4.43. The van der Waals surface area contributed by atoms with Gasteiger partial charge in [0.1, 0.15) is 5.69 Å². The highest BCUT2D eigenvalue weighted by atomic mass is 16.1. The van der Waals surface area contributed by atoms with Crippen molar-refractivity contribution in [2.24, 2.45) is 0 Å². The molecule has 1 fully saturated rings. The van der Waals surface area contributed by atoms with Gasteiger partial charge in [-0.3, -0.25) is 4.79 Å². The van der Waals surface area contributed by atoms with Crippen LogP contribution in [0.3, 0.4) is 0 Å². The second kappa shape index (κ2) is 8.58. The maximum atomic E-state index is 12.3. The molecule has 0 radical (unpaired) electrons. The summed E-state index contributed by atoms with van der Waals surface area (Å²) in [4.78, 5) is 25.5. The van der Waals surface area contributed by atoms with Gasteiger partial charge in [0.15, 0.2) is 0 Å². The van der Waals surface area contributed by atoms with Crippen molar-refractivity contribution in [2.75, 3.05) is 44.7 Å². The number of carbonyl (C=O) groups excluding carboxylic acids is 1. The van der Waals surface area contributed by atoms with Gasteiger partial charge in [-0.1, -0.05) is 30.3 Å². The SMILES string of the molecule is CN1CCN(c2nccc(C(=O)NCCCc3ccccc3)n2)CC1. The number of benzene rings is 1. The summed E-state index contributed by atoms with van der Waals surface area (Å²) in [6, 6.07) is 12.0. The molecule has 6 nitrogen and oxygen atoms in total. The summed E-state index contributed by atoms with van der Waals surface area (Å²) in [5.74, 6) is 0.510. The number of nitrogens with zero attached hydrogens (tertiary/aromatic N) is 4. The lowest BCUT2D eigenvalue weighted by molar-refractivity contribution is 0.0948. The Morgan fingerprint density at radius 1 is 1.12 bits per heavy atom. The van der Waals surface area contributed by atoms with Crippen LogP contribution in [0.2, 0.25) is 0 Å². The summed E-state index contributed by atoms with van der Waals surface area (Å²) in [7, 11) is 2.11. The maximum absolute atomic E-state index is 12.3. The quantitative estimate of drug-likeness (QED) is 0.810. The molecule has 1 aromatic heterocycles. The van der Waals surface area contributed by atoms with Gasteiger partial charge in [-0.25, -0.2) is 9.97 Å². The number of carbonyl (C=O) groups is 1. The third kappa shape index (κ3) is 5.00. The molecule has 2 aromatic rings. The molecular formula is C19H25N5O. The van der Waals surface area contributed by atoms with Crippen molar-refractivity contribution < 1.29 is 4.79 Å². The van der Waals surface area contributed by atoms with E-state index in [2.05, 4.69) is 44.3 Å². The van der Waals surface area contributed by atoms with Gasteiger partial charge in [-0.2, -0.15) is 0 Å². The number of hydrogen-bond acceptors (Lipinski definition) is 5. The number of nitrogens with one attached hydrogen (secondary N) is 1. The Labute approximate surface area is 148 Å². The van der Waals surface area contributed by atoms with Crippen molar-refractivity contribution in [2.45, 2.75) is 12.8 Å². The number of hydrogen-bond donors (Lipinski definition) is 1. The average molecular weight is 339 g/mol. The van der Waals surface area contributed by atoms with E-state index < -0.39 is 0 Å². The van der Waals surface area contributed by atoms with Crippen LogP contribution in [0.4, 0.5) is 5.95 Å². The van der Waals surface area contributed by atoms with Crippen LogP contribution >= 0.6 is 0 Å². The van der Waals surface area contributed by atoms with Crippen LogP contribution in [-0.4, -0.2) is 60.5 Å². The number of amides is 1. The molecule has 1 amide bonds. The fourth-order valence-corrected chi connectivity index (χ4v) is 2.86. The molecule has 0 atom stereocenters. The zero-order chi connectivity index (χ0) is 17.5. The van der Waals surface area contributed by atoms with Gasteiger partial charge in [-0.15, -0.1) is 0 Å². The van der Waals surface area contributed by atoms with Crippen molar-refractivity contribution in [3.8, 4) is 0 Å². The first-order valence-electron chi connectivity index (χ1n) is 8.81. The Kier molecular flexibility index (Phi) is 5.95. The van der Waals surface area contributed by atoms with Gasteiger partial charge >= 0.3 is 0 Å². The van der Waals surface area contributed by atoms with Crippen LogP contribution in [0.1, 0.15) is 22.5 Å². The summed E-state index contributed by atoms with van der Waals surface area (Å²) in [5.41, 5.74) is 1.72. The lowest BCUT2D eigenvalue weighted by Crippen LogP contribution is -2.45. The van der Waals surface area contributed by atoms with E-state index in [0.717, 1.165) is 39.0 Å². The minimum absolute atomic E-state index is 0.133. The normalized spacial score (nSPS) is 15.2. The monoisotopic (exact) mass is 339 g/mol. The minimum atomic E-state index is -0.133. The van der Waals surface area contributed by atoms with Gasteiger partial charge in [0, 0.05) is 38.9 Å². The standard InChI is InChI=1S/C19H25N5O/c1-23-12-14-24(15-13-23)19-21-11-9-17(22-19)18(25)20-10-5-8-16-6-3-2-4-7-16/h2-4,6-7,9,11H,5,8,10,12-15H2,1H3,(H,20,25). The van der Waals surface area contributed by atoms with E-state index in [1.54, 1.807) is 12.3 Å². The van der Waals surface area contributed by atoms with Gasteiger partial charge in [0.05, 0.1) is 0 Å². The molecule has 1 aliphatic rings. The molecule has 0 bridgehead atoms. The second-order valence-corrected chi connectivity index (χ2v) is 6.38. The van der Waals surface area contributed by atoms with Crippen molar-refractivity contribution in [3.05, 3.63) is 53.9 Å². The van der Waals surface area contributed by atoms with Gasteiger partial charge in [-0.05, 0) is 31.5 Å². The number of aromatic nitrogens is 2. The van der Waals surface area contributed by atoms with Crippen LogP contribution < -0.4 is 10.2 Å². The molecule has 6 heteroatoms. The molecule has 0 saturated carbocycles. The van der Waals surface area contributed by atoms with E-state index in [4.69, 9.17) is 0 Å². The summed E-state index contributed by atoms with van der Waals surface area (Å²) in [6.45, 7) is 4.39. The van der Waals surface area contributed by atoms with Gasteiger partial charge in [0.2, 0.25) is 5.95 Å². The summed E-state index contributed by atoms with van der Waals surface area (Å²) in [5, 5.41) is 2.95. The maximum Gasteiger partial charge on any atom is 0.270 e. The predicted octanol–water partition coefficient (Wildman–Crippen LogP) is 1.59. The van der Waals surface area contributed by atoms with E-state index in [1.807, 2.05) is 18.2 Å². The van der Waals surface area contributed by atoms with E-state index in [1.165, 1.54) is 5.56 Å². The molecule has 132 valence electrons.